The smallest absolute Gasteiger partial charge is 0.293 e. The van der Waals surface area contributed by atoms with Crippen LogP contribution in [0.4, 0.5) is 0 Å². The molecular weight excluding hydrogens is 312 g/mol. The lowest BCUT2D eigenvalue weighted by atomic mass is 9.99. The monoisotopic (exact) mass is 330 g/mol. The molecule has 0 radical (unpaired) electrons. The molecular formula is C21H18N2O2. The summed E-state index contributed by atoms with van der Waals surface area (Å²) in [5, 5.41) is 2.85. The number of rotatable bonds is 5. The molecule has 1 amide bonds. The van der Waals surface area contributed by atoms with Gasteiger partial charge in [0, 0.05) is 18.0 Å². The van der Waals surface area contributed by atoms with E-state index in [1.54, 1.807) is 24.5 Å². The number of ketones is 1. The van der Waals surface area contributed by atoms with Crippen LogP contribution in [-0.2, 0) is 4.79 Å². The lowest BCUT2D eigenvalue weighted by Crippen LogP contribution is -2.35. The van der Waals surface area contributed by atoms with Crippen molar-refractivity contribution in [1.29, 1.82) is 0 Å². The van der Waals surface area contributed by atoms with Gasteiger partial charge in [-0.05, 0) is 30.2 Å². The first-order chi connectivity index (χ1) is 12.1. The summed E-state index contributed by atoms with van der Waals surface area (Å²) in [6.07, 6.45) is 3.33. The lowest BCUT2D eigenvalue weighted by Gasteiger charge is -2.19. The molecule has 0 saturated carbocycles. The van der Waals surface area contributed by atoms with Gasteiger partial charge < -0.3 is 5.32 Å². The van der Waals surface area contributed by atoms with E-state index in [0.717, 1.165) is 16.7 Å². The van der Waals surface area contributed by atoms with Crippen LogP contribution < -0.4 is 5.32 Å². The van der Waals surface area contributed by atoms with Crippen molar-refractivity contribution in [3.8, 4) is 0 Å². The number of hydrogen-bond acceptors (Lipinski definition) is 3. The summed E-state index contributed by atoms with van der Waals surface area (Å²) in [4.78, 5) is 29.0. The van der Waals surface area contributed by atoms with Crippen molar-refractivity contribution in [3.63, 3.8) is 0 Å². The standard InChI is InChI=1S/C21H18N2O2/c1-15-7-9-18(10-8-15)20(24)21(25)23-19(16-5-3-2-4-6-16)17-11-13-22-14-12-17/h2-14,19H,1H3,(H,23,25). The van der Waals surface area contributed by atoms with Gasteiger partial charge in [-0.2, -0.15) is 0 Å². The van der Waals surface area contributed by atoms with Gasteiger partial charge >= 0.3 is 0 Å². The van der Waals surface area contributed by atoms with E-state index in [9.17, 15) is 9.59 Å². The fraction of sp³-hybridized carbons (Fsp3) is 0.0952. The zero-order chi connectivity index (χ0) is 17.6. The van der Waals surface area contributed by atoms with Gasteiger partial charge in [0.1, 0.15) is 0 Å². The summed E-state index contributed by atoms with van der Waals surface area (Å²) in [6.45, 7) is 1.93. The SMILES string of the molecule is Cc1ccc(C(=O)C(=O)NC(c2ccccc2)c2ccncc2)cc1. The number of amides is 1. The summed E-state index contributed by atoms with van der Waals surface area (Å²) < 4.78 is 0. The Bertz CT molecular complexity index is 820. The van der Waals surface area contributed by atoms with Gasteiger partial charge in [0.2, 0.25) is 5.78 Å². The fourth-order valence-electron chi connectivity index (χ4n) is 2.59. The second-order valence-electron chi connectivity index (χ2n) is 5.79. The molecule has 0 fully saturated rings. The third kappa shape index (κ3) is 3.98. The minimum absolute atomic E-state index is 0.379. The normalized spacial score (nSPS) is 11.6. The molecule has 0 aliphatic carbocycles. The predicted molar refractivity (Wildman–Crippen MR) is 96.2 cm³/mol. The number of hydrogen-bond donors (Lipinski definition) is 1. The molecule has 1 atom stereocenters. The Morgan fingerprint density at radius 2 is 1.44 bits per heavy atom. The molecule has 0 aliphatic heterocycles. The number of benzene rings is 2. The Balaban J connectivity index is 1.86. The van der Waals surface area contributed by atoms with Gasteiger partial charge in [-0.15, -0.1) is 0 Å². The molecule has 4 nitrogen and oxygen atoms in total. The Labute approximate surface area is 146 Å². The summed E-state index contributed by atoms with van der Waals surface area (Å²) in [5.41, 5.74) is 3.19. The average Bonchev–Trinajstić information content (AvgIpc) is 2.67. The van der Waals surface area contributed by atoms with Gasteiger partial charge in [-0.25, -0.2) is 0 Å². The molecule has 0 bridgehead atoms. The van der Waals surface area contributed by atoms with Crippen LogP contribution in [0.15, 0.2) is 79.1 Å². The van der Waals surface area contributed by atoms with E-state index >= 15 is 0 Å². The van der Waals surface area contributed by atoms with Crippen LogP contribution in [0.25, 0.3) is 0 Å². The van der Waals surface area contributed by atoms with Crippen molar-refractivity contribution < 1.29 is 9.59 Å². The molecule has 1 unspecified atom stereocenters. The first-order valence-electron chi connectivity index (χ1n) is 8.02. The van der Waals surface area contributed by atoms with Crippen LogP contribution >= 0.6 is 0 Å². The highest BCUT2D eigenvalue weighted by atomic mass is 16.2. The van der Waals surface area contributed by atoms with Crippen LogP contribution in [-0.4, -0.2) is 16.7 Å². The minimum atomic E-state index is -0.630. The molecule has 0 spiro atoms. The van der Waals surface area contributed by atoms with Gasteiger partial charge in [0.05, 0.1) is 6.04 Å². The Hall–Kier alpha value is -3.27. The van der Waals surface area contributed by atoms with E-state index in [4.69, 9.17) is 0 Å². The number of Topliss-reactive ketones (excluding diaryl/α,β-unsaturated/α-hetero) is 1. The number of carbonyl (C=O) groups is 2. The molecule has 1 heterocycles. The van der Waals surface area contributed by atoms with Crippen LogP contribution in [0, 0.1) is 6.92 Å². The van der Waals surface area contributed by atoms with E-state index in [2.05, 4.69) is 10.3 Å². The van der Waals surface area contributed by atoms with Crippen molar-refractivity contribution in [2.24, 2.45) is 0 Å². The van der Waals surface area contributed by atoms with Crippen molar-refractivity contribution in [2.45, 2.75) is 13.0 Å². The summed E-state index contributed by atoms with van der Waals surface area (Å²) >= 11 is 0. The van der Waals surface area contributed by atoms with Crippen molar-refractivity contribution >= 4 is 11.7 Å². The Kier molecular flexibility index (Phi) is 5.00. The number of aromatic nitrogens is 1. The molecule has 1 N–H and O–H groups in total. The highest BCUT2D eigenvalue weighted by molar-refractivity contribution is 6.42. The maximum absolute atomic E-state index is 12.5. The molecule has 4 heteroatoms. The minimum Gasteiger partial charge on any atom is -0.338 e. The highest BCUT2D eigenvalue weighted by Gasteiger charge is 2.22. The molecule has 3 rings (SSSR count). The summed E-state index contributed by atoms with van der Waals surface area (Å²) in [7, 11) is 0. The number of aryl methyl sites for hydroxylation is 1. The van der Waals surface area contributed by atoms with E-state index in [1.165, 1.54) is 0 Å². The second kappa shape index (κ2) is 7.53. The zero-order valence-corrected chi connectivity index (χ0v) is 13.8. The van der Waals surface area contributed by atoms with Crippen LogP contribution in [0.5, 0.6) is 0 Å². The maximum atomic E-state index is 12.5. The largest absolute Gasteiger partial charge is 0.338 e. The number of carbonyl (C=O) groups excluding carboxylic acids is 2. The van der Waals surface area contributed by atoms with Crippen LogP contribution in [0.1, 0.15) is 33.1 Å². The Morgan fingerprint density at radius 1 is 0.840 bits per heavy atom. The number of nitrogens with zero attached hydrogens (tertiary/aromatic N) is 1. The van der Waals surface area contributed by atoms with E-state index < -0.39 is 17.7 Å². The molecule has 0 aliphatic rings. The quantitative estimate of drug-likeness (QED) is 0.575. The molecule has 1 aromatic heterocycles. The molecule has 2 aromatic carbocycles. The van der Waals surface area contributed by atoms with Crippen LogP contribution in [0.2, 0.25) is 0 Å². The van der Waals surface area contributed by atoms with Gasteiger partial charge in [0.25, 0.3) is 5.91 Å². The topological polar surface area (TPSA) is 59.1 Å². The number of nitrogens with one attached hydrogen (secondary N) is 1. The highest BCUT2D eigenvalue weighted by Crippen LogP contribution is 2.21. The van der Waals surface area contributed by atoms with Gasteiger partial charge in [0.15, 0.2) is 0 Å². The fourth-order valence-corrected chi connectivity index (χ4v) is 2.59. The van der Waals surface area contributed by atoms with Gasteiger partial charge in [-0.3, -0.25) is 14.6 Å². The Morgan fingerprint density at radius 3 is 2.08 bits per heavy atom. The molecule has 0 saturated heterocycles. The van der Waals surface area contributed by atoms with E-state index in [-0.39, 0.29) is 0 Å². The zero-order valence-electron chi connectivity index (χ0n) is 13.8. The first-order valence-corrected chi connectivity index (χ1v) is 8.02. The third-order valence-electron chi connectivity index (χ3n) is 3.97. The molecule has 25 heavy (non-hydrogen) atoms. The van der Waals surface area contributed by atoms with Crippen molar-refractivity contribution in [1.82, 2.24) is 10.3 Å². The second-order valence-corrected chi connectivity index (χ2v) is 5.79. The third-order valence-corrected chi connectivity index (χ3v) is 3.97. The van der Waals surface area contributed by atoms with Crippen molar-refractivity contribution in [3.05, 3.63) is 101 Å². The van der Waals surface area contributed by atoms with Gasteiger partial charge in [-0.1, -0.05) is 60.2 Å². The lowest BCUT2D eigenvalue weighted by molar-refractivity contribution is -0.117. The summed E-state index contributed by atoms with van der Waals surface area (Å²) in [6, 6.07) is 19.8. The van der Waals surface area contributed by atoms with E-state index in [1.807, 2.05) is 61.5 Å². The molecule has 124 valence electrons. The predicted octanol–water partition coefficient (Wildman–Crippen LogP) is 3.48. The molecule has 3 aromatic rings. The van der Waals surface area contributed by atoms with E-state index in [0.29, 0.717) is 5.56 Å². The average molecular weight is 330 g/mol. The maximum Gasteiger partial charge on any atom is 0.293 e. The van der Waals surface area contributed by atoms with Crippen molar-refractivity contribution in [2.75, 3.05) is 0 Å². The number of pyridine rings is 1. The summed E-state index contributed by atoms with van der Waals surface area (Å²) in [5.74, 6) is -1.18. The van der Waals surface area contributed by atoms with Crippen LogP contribution in [0.3, 0.4) is 0 Å². The first kappa shape index (κ1) is 16.6.